The van der Waals surface area contributed by atoms with Crippen molar-refractivity contribution in [2.24, 2.45) is 0 Å². The van der Waals surface area contributed by atoms with Gasteiger partial charge in [0.05, 0.1) is 19.2 Å². The summed E-state index contributed by atoms with van der Waals surface area (Å²) < 4.78 is 13.6. The lowest BCUT2D eigenvalue weighted by atomic mass is 10.3. The second-order valence-electron chi connectivity index (χ2n) is 5.72. The molecular weight excluding hydrogens is 270 g/mol. The van der Waals surface area contributed by atoms with Crippen LogP contribution in [0.1, 0.15) is 31.1 Å². The van der Waals surface area contributed by atoms with Gasteiger partial charge in [-0.15, -0.1) is 5.10 Å². The van der Waals surface area contributed by atoms with Gasteiger partial charge < -0.3 is 14.1 Å². The quantitative estimate of drug-likeness (QED) is 0.848. The molecule has 112 valence electrons. The van der Waals surface area contributed by atoms with Crippen LogP contribution in [0.5, 0.6) is 0 Å². The minimum absolute atomic E-state index is 0.0867. The molecule has 1 saturated carbocycles. The number of hydrogen-bond donors (Lipinski definition) is 0. The van der Waals surface area contributed by atoms with E-state index in [1.165, 1.54) is 12.8 Å². The van der Waals surface area contributed by atoms with Crippen LogP contribution >= 0.6 is 0 Å². The molecule has 0 aromatic carbocycles. The summed E-state index contributed by atoms with van der Waals surface area (Å²) in [6.07, 6.45) is 7.14. The summed E-state index contributed by atoms with van der Waals surface area (Å²) in [7, 11) is 0. The van der Waals surface area contributed by atoms with Crippen LogP contribution in [0, 0.1) is 0 Å². The molecule has 2 aromatic heterocycles. The van der Waals surface area contributed by atoms with Crippen LogP contribution in [-0.2, 0) is 11.3 Å². The van der Waals surface area contributed by atoms with E-state index in [2.05, 4.69) is 20.2 Å². The second-order valence-corrected chi connectivity index (χ2v) is 5.72. The maximum atomic E-state index is 5.90. The highest BCUT2D eigenvalue weighted by atomic mass is 16.5. The van der Waals surface area contributed by atoms with Crippen molar-refractivity contribution >= 4 is 6.01 Å². The van der Waals surface area contributed by atoms with Crippen LogP contribution in [0.2, 0.25) is 0 Å². The zero-order valence-electron chi connectivity index (χ0n) is 11.9. The molecule has 2 aliphatic rings. The zero-order chi connectivity index (χ0) is 14.1. The van der Waals surface area contributed by atoms with Crippen molar-refractivity contribution in [3.8, 4) is 0 Å². The summed E-state index contributed by atoms with van der Waals surface area (Å²) in [4.78, 5) is 2.14. The Kier molecular flexibility index (Phi) is 3.34. The first-order valence-electron chi connectivity index (χ1n) is 7.56. The third-order valence-electron chi connectivity index (χ3n) is 3.93. The van der Waals surface area contributed by atoms with Gasteiger partial charge in [-0.2, -0.15) is 5.10 Å². The maximum Gasteiger partial charge on any atom is 0.318 e. The SMILES string of the molecule is c1cnn(C[C@@H]2CN(c3nnc(C4CC4)o3)CCCO2)c1. The highest BCUT2D eigenvalue weighted by Gasteiger charge is 2.31. The second kappa shape index (κ2) is 5.48. The average molecular weight is 289 g/mol. The summed E-state index contributed by atoms with van der Waals surface area (Å²) in [6, 6.07) is 2.56. The molecule has 0 N–H and O–H groups in total. The largest absolute Gasteiger partial charge is 0.408 e. The predicted molar refractivity (Wildman–Crippen MR) is 75.1 cm³/mol. The molecule has 4 rings (SSSR count). The summed E-state index contributed by atoms with van der Waals surface area (Å²) in [5.74, 6) is 1.29. The lowest BCUT2D eigenvalue weighted by molar-refractivity contribution is 0.0541. The van der Waals surface area contributed by atoms with Gasteiger partial charge in [0.25, 0.3) is 0 Å². The topological polar surface area (TPSA) is 69.2 Å². The van der Waals surface area contributed by atoms with Gasteiger partial charge in [0.1, 0.15) is 0 Å². The Labute approximate surface area is 122 Å². The molecule has 1 saturated heterocycles. The predicted octanol–water partition coefficient (Wildman–Crippen LogP) is 1.44. The van der Waals surface area contributed by atoms with E-state index < -0.39 is 0 Å². The Hall–Kier alpha value is -1.89. The van der Waals surface area contributed by atoms with Gasteiger partial charge in [-0.05, 0) is 25.3 Å². The molecule has 0 spiro atoms. The van der Waals surface area contributed by atoms with Crippen molar-refractivity contribution in [3.63, 3.8) is 0 Å². The van der Waals surface area contributed by atoms with E-state index in [-0.39, 0.29) is 6.10 Å². The Bertz CT molecular complexity index is 578. The standard InChI is InChI=1S/C14H19N5O2/c1-5-15-19(7-1)10-12-9-18(6-2-8-20-12)14-17-16-13(21-14)11-3-4-11/h1,5,7,11-12H,2-4,6,8-10H2/t12-/m0/s1. The monoisotopic (exact) mass is 289 g/mol. The molecule has 1 aliphatic carbocycles. The number of rotatable bonds is 4. The lowest BCUT2D eigenvalue weighted by Gasteiger charge is -2.21. The fourth-order valence-electron chi connectivity index (χ4n) is 2.65. The summed E-state index contributed by atoms with van der Waals surface area (Å²) in [5, 5.41) is 12.6. The summed E-state index contributed by atoms with van der Waals surface area (Å²) >= 11 is 0. The maximum absolute atomic E-state index is 5.90. The van der Waals surface area contributed by atoms with Crippen molar-refractivity contribution in [2.45, 2.75) is 37.8 Å². The van der Waals surface area contributed by atoms with E-state index in [0.29, 0.717) is 11.9 Å². The fourth-order valence-corrected chi connectivity index (χ4v) is 2.65. The first kappa shape index (κ1) is 12.8. The van der Waals surface area contributed by atoms with E-state index in [9.17, 15) is 0 Å². The molecule has 21 heavy (non-hydrogen) atoms. The highest BCUT2D eigenvalue weighted by molar-refractivity contribution is 5.25. The molecule has 0 bridgehead atoms. The Morgan fingerprint density at radius 1 is 1.29 bits per heavy atom. The Balaban J connectivity index is 1.45. The molecule has 1 aliphatic heterocycles. The van der Waals surface area contributed by atoms with Crippen molar-refractivity contribution in [2.75, 3.05) is 24.6 Å². The van der Waals surface area contributed by atoms with Gasteiger partial charge in [-0.1, -0.05) is 5.10 Å². The molecule has 7 nitrogen and oxygen atoms in total. The number of anilines is 1. The highest BCUT2D eigenvalue weighted by Crippen LogP contribution is 2.39. The first-order chi connectivity index (χ1) is 10.4. The smallest absolute Gasteiger partial charge is 0.318 e. The minimum Gasteiger partial charge on any atom is -0.408 e. The molecular formula is C14H19N5O2. The number of aromatic nitrogens is 4. The van der Waals surface area contributed by atoms with Gasteiger partial charge in [0.15, 0.2) is 0 Å². The molecule has 2 aromatic rings. The van der Waals surface area contributed by atoms with Gasteiger partial charge in [0.2, 0.25) is 5.89 Å². The number of hydrogen-bond acceptors (Lipinski definition) is 6. The number of ether oxygens (including phenoxy) is 1. The zero-order valence-corrected chi connectivity index (χ0v) is 11.9. The van der Waals surface area contributed by atoms with Gasteiger partial charge in [0, 0.05) is 31.5 Å². The molecule has 3 heterocycles. The minimum atomic E-state index is 0.0867. The third-order valence-corrected chi connectivity index (χ3v) is 3.93. The molecule has 1 atom stereocenters. The van der Waals surface area contributed by atoms with Crippen molar-refractivity contribution in [1.82, 2.24) is 20.0 Å². The summed E-state index contributed by atoms with van der Waals surface area (Å²) in [6.45, 7) is 3.15. The van der Waals surface area contributed by atoms with Crippen LogP contribution in [-0.4, -0.2) is 45.8 Å². The summed E-state index contributed by atoms with van der Waals surface area (Å²) in [5.41, 5.74) is 0. The molecule has 0 amide bonds. The van der Waals surface area contributed by atoms with Crippen LogP contribution in [0.15, 0.2) is 22.9 Å². The molecule has 0 unspecified atom stereocenters. The van der Waals surface area contributed by atoms with E-state index in [1.807, 2.05) is 16.9 Å². The van der Waals surface area contributed by atoms with Crippen LogP contribution in [0.3, 0.4) is 0 Å². The average Bonchev–Trinajstić information content (AvgIpc) is 3.09. The van der Waals surface area contributed by atoms with Crippen LogP contribution in [0.25, 0.3) is 0 Å². The normalized spacial score (nSPS) is 23.2. The van der Waals surface area contributed by atoms with Gasteiger partial charge in [-0.3, -0.25) is 4.68 Å². The Morgan fingerprint density at radius 2 is 2.24 bits per heavy atom. The van der Waals surface area contributed by atoms with E-state index in [0.717, 1.165) is 38.6 Å². The van der Waals surface area contributed by atoms with Crippen molar-refractivity contribution < 1.29 is 9.15 Å². The molecule has 0 radical (unpaired) electrons. The van der Waals surface area contributed by atoms with E-state index >= 15 is 0 Å². The first-order valence-corrected chi connectivity index (χ1v) is 7.56. The van der Waals surface area contributed by atoms with E-state index in [4.69, 9.17) is 9.15 Å². The lowest BCUT2D eigenvalue weighted by Crippen LogP contribution is -2.34. The number of nitrogens with zero attached hydrogens (tertiary/aromatic N) is 5. The van der Waals surface area contributed by atoms with Crippen molar-refractivity contribution in [1.29, 1.82) is 0 Å². The molecule has 7 heteroatoms. The molecule has 2 fully saturated rings. The van der Waals surface area contributed by atoms with Crippen molar-refractivity contribution in [3.05, 3.63) is 24.4 Å². The van der Waals surface area contributed by atoms with E-state index in [1.54, 1.807) is 6.20 Å². The Morgan fingerprint density at radius 3 is 3.05 bits per heavy atom. The van der Waals surface area contributed by atoms with Gasteiger partial charge in [-0.25, -0.2) is 0 Å². The fraction of sp³-hybridized carbons (Fsp3) is 0.643. The van der Waals surface area contributed by atoms with Crippen LogP contribution in [0.4, 0.5) is 6.01 Å². The van der Waals surface area contributed by atoms with Crippen LogP contribution < -0.4 is 4.90 Å². The van der Waals surface area contributed by atoms with Gasteiger partial charge >= 0.3 is 6.01 Å². The third kappa shape index (κ3) is 2.92.